The summed E-state index contributed by atoms with van der Waals surface area (Å²) in [4.78, 5) is 23.8. The first kappa shape index (κ1) is 19.9. The quantitative estimate of drug-likeness (QED) is 0.608. The lowest BCUT2D eigenvalue weighted by Gasteiger charge is -2.17. The van der Waals surface area contributed by atoms with Crippen molar-refractivity contribution in [3.63, 3.8) is 0 Å². The molecule has 1 amide bonds. The smallest absolute Gasteiger partial charge is 0.253 e. The molecule has 0 spiro atoms. The molecule has 0 saturated carbocycles. The zero-order valence-corrected chi connectivity index (χ0v) is 17.2. The normalized spacial score (nSPS) is 10.3. The average Bonchev–Trinajstić information content (AvgIpc) is 3.14. The summed E-state index contributed by atoms with van der Waals surface area (Å²) in [5.41, 5.74) is 1.57. The molecule has 0 aliphatic carbocycles. The molecule has 142 valence electrons. The van der Waals surface area contributed by atoms with E-state index in [1.165, 1.54) is 11.3 Å². The topological polar surface area (TPSA) is 81.9 Å². The van der Waals surface area contributed by atoms with E-state index >= 15 is 0 Å². The highest BCUT2D eigenvalue weighted by atomic mass is 32.2. The van der Waals surface area contributed by atoms with Gasteiger partial charge < -0.3 is 10.2 Å². The van der Waals surface area contributed by atoms with Crippen LogP contribution in [-0.2, 0) is 0 Å². The van der Waals surface area contributed by atoms with E-state index in [0.717, 1.165) is 25.6 Å². The lowest BCUT2D eigenvalue weighted by atomic mass is 10.1. The summed E-state index contributed by atoms with van der Waals surface area (Å²) in [6.45, 7) is 2.34. The van der Waals surface area contributed by atoms with Gasteiger partial charge in [-0.05, 0) is 36.8 Å². The highest BCUT2D eigenvalue weighted by molar-refractivity contribution is 8.01. The number of rotatable bonds is 7. The van der Waals surface area contributed by atoms with Gasteiger partial charge in [0.1, 0.15) is 5.82 Å². The second-order valence-electron chi connectivity index (χ2n) is 6.04. The lowest BCUT2D eigenvalue weighted by molar-refractivity contribution is 0.0797. The van der Waals surface area contributed by atoms with Gasteiger partial charge in [-0.2, -0.15) is 5.26 Å². The number of hydrogen-bond donors (Lipinski definition) is 1. The minimum atomic E-state index is -0.0722. The maximum atomic E-state index is 12.7. The van der Waals surface area contributed by atoms with Crippen molar-refractivity contribution >= 4 is 40.0 Å². The Morgan fingerprint density at radius 2 is 2.18 bits per heavy atom. The first-order valence-corrected chi connectivity index (χ1v) is 10.2. The molecule has 0 atom stereocenters. The first-order valence-electron chi connectivity index (χ1n) is 8.61. The van der Waals surface area contributed by atoms with Crippen molar-refractivity contribution in [1.82, 2.24) is 14.9 Å². The van der Waals surface area contributed by atoms with Crippen molar-refractivity contribution in [2.75, 3.05) is 18.9 Å². The molecular weight excluding hydrogens is 390 g/mol. The molecule has 6 nitrogen and oxygen atoms in total. The van der Waals surface area contributed by atoms with Crippen molar-refractivity contribution in [2.24, 2.45) is 0 Å². The third kappa shape index (κ3) is 5.09. The molecule has 28 heavy (non-hydrogen) atoms. The molecule has 0 unspecified atom stereocenters. The summed E-state index contributed by atoms with van der Waals surface area (Å²) in [6, 6.07) is 13.6. The van der Waals surface area contributed by atoms with Crippen LogP contribution in [0.15, 0.2) is 57.9 Å². The van der Waals surface area contributed by atoms with Gasteiger partial charge in [-0.15, -0.1) is 0 Å². The minimum absolute atomic E-state index is 0.0722. The fourth-order valence-electron chi connectivity index (χ4n) is 2.45. The number of thiazole rings is 1. The number of pyridine rings is 1. The number of carbonyl (C=O) groups is 1. The third-order valence-electron chi connectivity index (χ3n) is 3.95. The van der Waals surface area contributed by atoms with Gasteiger partial charge in [0.2, 0.25) is 0 Å². The second-order valence-corrected chi connectivity index (χ2v) is 8.44. The van der Waals surface area contributed by atoms with Gasteiger partial charge in [-0.3, -0.25) is 4.79 Å². The number of carbonyl (C=O) groups excluding carboxylic acids is 1. The monoisotopic (exact) mass is 409 g/mol. The Kier molecular flexibility index (Phi) is 6.63. The van der Waals surface area contributed by atoms with E-state index in [1.54, 1.807) is 36.1 Å². The Labute approximate surface area is 172 Å². The zero-order valence-electron chi connectivity index (χ0n) is 15.5. The van der Waals surface area contributed by atoms with Gasteiger partial charge in [-0.1, -0.05) is 35.2 Å². The van der Waals surface area contributed by atoms with Crippen LogP contribution in [0.2, 0.25) is 0 Å². The number of nitrogens with one attached hydrogen (secondary N) is 1. The maximum Gasteiger partial charge on any atom is 0.253 e. The third-order valence-corrected chi connectivity index (χ3v) is 5.95. The fraction of sp³-hybridized carbons (Fsp3) is 0.200. The SMILES string of the molecule is Cc1ccc(Sc2cnc(Nc3ccccn3)s2)cc1C(=O)N(C)CCC#N. The summed E-state index contributed by atoms with van der Waals surface area (Å²) in [5, 5.41) is 12.7. The van der Waals surface area contributed by atoms with Crippen LogP contribution in [0.5, 0.6) is 0 Å². The van der Waals surface area contributed by atoms with Crippen LogP contribution >= 0.6 is 23.1 Å². The van der Waals surface area contributed by atoms with Crippen LogP contribution in [0.1, 0.15) is 22.3 Å². The lowest BCUT2D eigenvalue weighted by Crippen LogP contribution is -2.28. The molecule has 1 N–H and O–H groups in total. The number of aryl methyl sites for hydroxylation is 1. The van der Waals surface area contributed by atoms with Crippen LogP contribution in [0.25, 0.3) is 0 Å². The van der Waals surface area contributed by atoms with Crippen LogP contribution in [0.4, 0.5) is 10.9 Å². The molecule has 3 rings (SSSR count). The zero-order chi connectivity index (χ0) is 19.9. The molecule has 2 heterocycles. The Hall–Kier alpha value is -2.89. The van der Waals surface area contributed by atoms with Crippen LogP contribution < -0.4 is 5.32 Å². The number of amides is 1. The van der Waals surface area contributed by atoms with E-state index in [1.807, 2.05) is 43.3 Å². The highest BCUT2D eigenvalue weighted by Gasteiger charge is 2.15. The van der Waals surface area contributed by atoms with Crippen molar-refractivity contribution in [1.29, 1.82) is 5.26 Å². The highest BCUT2D eigenvalue weighted by Crippen LogP contribution is 2.35. The molecule has 0 aliphatic heterocycles. The molecule has 0 fully saturated rings. The molecule has 0 bridgehead atoms. The second kappa shape index (κ2) is 9.35. The van der Waals surface area contributed by atoms with Crippen molar-refractivity contribution < 1.29 is 4.79 Å². The van der Waals surface area contributed by atoms with E-state index < -0.39 is 0 Å². The van der Waals surface area contributed by atoms with Crippen LogP contribution in [0.3, 0.4) is 0 Å². The number of aromatic nitrogens is 2. The fourth-order valence-corrected chi connectivity index (χ4v) is 4.35. The molecule has 8 heteroatoms. The molecule has 0 aliphatic rings. The van der Waals surface area contributed by atoms with E-state index in [9.17, 15) is 4.79 Å². The van der Waals surface area contributed by atoms with E-state index in [4.69, 9.17) is 5.26 Å². The van der Waals surface area contributed by atoms with Gasteiger partial charge in [0, 0.05) is 30.2 Å². The number of benzene rings is 1. The van der Waals surface area contributed by atoms with Crippen LogP contribution in [-0.4, -0.2) is 34.4 Å². The molecular formula is C20H19N5OS2. The average molecular weight is 410 g/mol. The van der Waals surface area contributed by atoms with Crippen molar-refractivity contribution in [3.05, 3.63) is 59.9 Å². The van der Waals surface area contributed by atoms with E-state index in [2.05, 4.69) is 21.4 Å². The molecule has 2 aromatic heterocycles. The largest absolute Gasteiger partial charge is 0.341 e. The molecule has 0 saturated heterocycles. The minimum Gasteiger partial charge on any atom is -0.341 e. The van der Waals surface area contributed by atoms with Crippen LogP contribution in [0, 0.1) is 18.3 Å². The molecule has 0 radical (unpaired) electrons. The molecule has 3 aromatic rings. The summed E-state index contributed by atoms with van der Waals surface area (Å²) >= 11 is 3.09. The van der Waals surface area contributed by atoms with Crippen molar-refractivity contribution in [2.45, 2.75) is 22.4 Å². The summed E-state index contributed by atoms with van der Waals surface area (Å²) in [7, 11) is 1.72. The van der Waals surface area contributed by atoms with Gasteiger partial charge in [0.25, 0.3) is 5.91 Å². The summed E-state index contributed by atoms with van der Waals surface area (Å²) in [6.07, 6.45) is 3.85. The maximum absolute atomic E-state index is 12.7. The standard InChI is InChI=1S/C20H19N5OS2/c1-14-7-8-15(12-16(14)19(26)25(2)11-5-9-21)27-18-13-23-20(28-18)24-17-6-3-4-10-22-17/h3-4,6-8,10,12-13H,5,11H2,1-2H3,(H,22,23,24). The van der Waals surface area contributed by atoms with E-state index in [-0.39, 0.29) is 5.91 Å². The Morgan fingerprint density at radius 1 is 1.32 bits per heavy atom. The predicted molar refractivity (Wildman–Crippen MR) is 112 cm³/mol. The predicted octanol–water partition coefficient (Wildman–Crippen LogP) is 4.73. The number of nitriles is 1. The van der Waals surface area contributed by atoms with Gasteiger partial charge in [-0.25, -0.2) is 9.97 Å². The van der Waals surface area contributed by atoms with Gasteiger partial charge in [0.05, 0.1) is 22.9 Å². The Balaban J connectivity index is 1.71. The van der Waals surface area contributed by atoms with Gasteiger partial charge >= 0.3 is 0 Å². The number of nitrogens with zero attached hydrogens (tertiary/aromatic N) is 4. The van der Waals surface area contributed by atoms with Crippen molar-refractivity contribution in [3.8, 4) is 6.07 Å². The summed E-state index contributed by atoms with van der Waals surface area (Å²) < 4.78 is 1.01. The van der Waals surface area contributed by atoms with E-state index in [0.29, 0.717) is 18.5 Å². The van der Waals surface area contributed by atoms with Gasteiger partial charge in [0.15, 0.2) is 5.13 Å². The summed E-state index contributed by atoms with van der Waals surface area (Å²) in [5.74, 6) is 0.675. The Bertz CT molecular complexity index is 997. The Morgan fingerprint density at radius 3 is 2.93 bits per heavy atom. The first-order chi connectivity index (χ1) is 13.6. The number of anilines is 2. The number of hydrogen-bond acceptors (Lipinski definition) is 7. The molecule has 1 aromatic carbocycles.